The van der Waals surface area contributed by atoms with Crippen molar-refractivity contribution in [2.45, 2.75) is 26.2 Å². The van der Waals surface area contributed by atoms with Gasteiger partial charge in [0.15, 0.2) is 0 Å². The van der Waals surface area contributed by atoms with Crippen LogP contribution in [0.25, 0.3) is 0 Å². The van der Waals surface area contributed by atoms with Crippen molar-refractivity contribution in [3.63, 3.8) is 0 Å². The lowest BCUT2D eigenvalue weighted by molar-refractivity contribution is -0.141. The number of aliphatic carboxylic acids is 1. The number of nitrogens with one attached hydrogen (secondary N) is 1. The topological polar surface area (TPSA) is 66.4 Å². The van der Waals surface area contributed by atoms with E-state index < -0.39 is 31.2 Å². The van der Waals surface area contributed by atoms with E-state index in [0.29, 0.717) is 0 Å². The van der Waals surface area contributed by atoms with Crippen LogP contribution in [0.2, 0.25) is 0 Å². The fourth-order valence-corrected chi connectivity index (χ4v) is 0.445. The highest BCUT2D eigenvalue weighted by atomic mass is 16.4. The molecule has 0 aromatic heterocycles. The Kier molecular flexibility index (Phi) is 1.82. The van der Waals surface area contributed by atoms with E-state index in [-0.39, 0.29) is 0 Å². The highest BCUT2D eigenvalue weighted by Crippen LogP contribution is 1.89. The van der Waals surface area contributed by atoms with Crippen LogP contribution in [-0.4, -0.2) is 23.0 Å². The van der Waals surface area contributed by atoms with Crippen molar-refractivity contribution in [3.8, 4) is 0 Å². The van der Waals surface area contributed by atoms with Gasteiger partial charge >= 0.3 is 5.97 Å². The Hall–Kier alpha value is -1.06. The van der Waals surface area contributed by atoms with Crippen molar-refractivity contribution >= 4 is 11.9 Å². The molecular weight excluding hydrogens is 134 g/mol. The summed E-state index contributed by atoms with van der Waals surface area (Å²) in [6.45, 7) is -1.22. The Balaban J connectivity index is 4.27. The second kappa shape index (κ2) is 3.87. The predicted molar refractivity (Wildman–Crippen MR) is 35.5 cm³/mol. The average molecular weight is 148 g/mol. The Morgan fingerprint density at radius 1 is 1.80 bits per heavy atom. The van der Waals surface area contributed by atoms with Crippen molar-refractivity contribution in [1.82, 2.24) is 5.32 Å². The molecule has 0 aromatic carbocycles. The molecule has 0 bridgehead atoms. The molecule has 4 nitrogen and oxygen atoms in total. The highest BCUT2D eigenvalue weighted by Gasteiger charge is 2.14. The summed E-state index contributed by atoms with van der Waals surface area (Å²) in [5, 5.41) is 10.6. The maximum atomic E-state index is 10.5. The molecule has 0 radical (unpaired) electrons. The molecule has 0 aliphatic carbocycles. The van der Waals surface area contributed by atoms with Crippen LogP contribution in [0, 0.1) is 0 Å². The molecule has 1 atom stereocenters. The second-order valence-electron chi connectivity index (χ2n) is 1.80. The summed E-state index contributed by atoms with van der Waals surface area (Å²) in [5.74, 6) is -1.90. The summed E-state index contributed by atoms with van der Waals surface area (Å²) < 4.78 is 20.5. The maximum Gasteiger partial charge on any atom is 0.326 e. The second-order valence-corrected chi connectivity index (χ2v) is 1.80. The molecular formula is C6H11NO3. The van der Waals surface area contributed by atoms with Crippen molar-refractivity contribution in [1.29, 1.82) is 0 Å². The molecule has 58 valence electrons. The smallest absolute Gasteiger partial charge is 0.326 e. The van der Waals surface area contributed by atoms with Crippen molar-refractivity contribution in [3.05, 3.63) is 0 Å². The van der Waals surface area contributed by atoms with Crippen LogP contribution in [-0.2, 0) is 9.59 Å². The van der Waals surface area contributed by atoms with Gasteiger partial charge in [0.25, 0.3) is 0 Å². The zero-order valence-electron chi connectivity index (χ0n) is 8.55. The lowest BCUT2D eigenvalue weighted by Crippen LogP contribution is -2.38. The molecule has 4 heteroatoms. The Bertz CT molecular complexity index is 214. The first kappa shape index (κ1) is 4.71. The van der Waals surface area contributed by atoms with Gasteiger partial charge in [-0.1, -0.05) is 6.85 Å². The Labute approximate surface area is 63.4 Å². The summed E-state index contributed by atoms with van der Waals surface area (Å²) >= 11 is 0. The molecule has 1 amide bonds. The number of carboxylic acids is 1. The number of hydrogen-bond donors (Lipinski definition) is 2. The van der Waals surface area contributed by atoms with Crippen molar-refractivity contribution in [2.24, 2.45) is 0 Å². The van der Waals surface area contributed by atoms with Crippen LogP contribution in [0.1, 0.15) is 24.3 Å². The quantitative estimate of drug-likeness (QED) is 0.591. The fraction of sp³-hybridized carbons (Fsp3) is 0.667. The molecule has 2 N–H and O–H groups in total. The van der Waals surface area contributed by atoms with Gasteiger partial charge in [-0.25, -0.2) is 4.79 Å². The molecule has 0 spiro atoms. The maximum absolute atomic E-state index is 10.5. The Morgan fingerprint density at radius 2 is 2.40 bits per heavy atom. The molecule has 0 aromatic rings. The zero-order valence-corrected chi connectivity index (χ0v) is 5.55. The fourth-order valence-electron chi connectivity index (χ4n) is 0.445. The van der Waals surface area contributed by atoms with Gasteiger partial charge in [0, 0.05) is 11.0 Å². The number of carbonyl (C=O) groups is 2. The Morgan fingerprint density at radius 3 is 2.70 bits per heavy atom. The van der Waals surface area contributed by atoms with Crippen LogP contribution in [0.4, 0.5) is 0 Å². The van der Waals surface area contributed by atoms with E-state index in [1.807, 2.05) is 5.32 Å². The van der Waals surface area contributed by atoms with Gasteiger partial charge < -0.3 is 10.4 Å². The minimum absolute atomic E-state index is 0.559. The normalized spacial score (nSPS) is 17.9. The number of hydrogen-bond acceptors (Lipinski definition) is 2. The monoisotopic (exact) mass is 148 g/mol. The molecule has 10 heavy (non-hydrogen) atoms. The lowest BCUT2D eigenvalue weighted by atomic mass is 10.2. The molecule has 0 fully saturated rings. The summed E-state index contributed by atoms with van der Waals surface area (Å²) in [6, 6.07) is -1.34. The summed E-state index contributed by atoms with van der Waals surface area (Å²) in [6.07, 6.45) is -0.568. The first-order valence-corrected chi connectivity index (χ1v) is 2.72. The summed E-state index contributed by atoms with van der Waals surface area (Å²) in [7, 11) is 0. The number of carbonyl (C=O) groups excluding carboxylic acids is 1. The third kappa shape index (κ3) is 3.06. The van der Waals surface area contributed by atoms with E-state index in [1.165, 1.54) is 0 Å². The third-order valence-corrected chi connectivity index (χ3v) is 0.880. The van der Waals surface area contributed by atoms with E-state index in [1.54, 1.807) is 0 Å². The van der Waals surface area contributed by atoms with Gasteiger partial charge in [0.1, 0.15) is 6.04 Å². The van der Waals surface area contributed by atoms with Crippen LogP contribution in [0.15, 0.2) is 0 Å². The van der Waals surface area contributed by atoms with E-state index >= 15 is 0 Å². The molecule has 1 unspecified atom stereocenters. The van der Waals surface area contributed by atoms with Gasteiger partial charge in [-0.15, -0.1) is 0 Å². The SMILES string of the molecule is [2H]C([2H])([2H])CC(NC(C)=O)C(=O)O. The largest absolute Gasteiger partial charge is 0.480 e. The van der Waals surface area contributed by atoms with E-state index in [4.69, 9.17) is 9.22 Å². The van der Waals surface area contributed by atoms with Crippen molar-refractivity contribution in [2.75, 3.05) is 0 Å². The van der Waals surface area contributed by atoms with E-state index in [9.17, 15) is 9.59 Å². The molecule has 0 rings (SSSR count). The zero-order chi connectivity index (χ0) is 10.6. The molecule has 0 aliphatic heterocycles. The van der Waals surface area contributed by atoms with Crippen LogP contribution in [0.3, 0.4) is 0 Å². The number of carboxylic acid groups (broad SMARTS) is 1. The number of rotatable bonds is 3. The first-order valence-electron chi connectivity index (χ1n) is 4.22. The standard InChI is InChI=1S/C6H11NO3/c1-3-5(6(9)10)7-4(2)8/h5H,3H2,1-2H3,(H,7,8)(H,9,10)/i1D3. The van der Waals surface area contributed by atoms with Crippen LogP contribution < -0.4 is 5.32 Å². The summed E-state index contributed by atoms with van der Waals surface area (Å²) in [5.41, 5.74) is 0. The van der Waals surface area contributed by atoms with Gasteiger partial charge in [-0.3, -0.25) is 4.79 Å². The van der Waals surface area contributed by atoms with Gasteiger partial charge in [-0.05, 0) is 6.42 Å². The highest BCUT2D eigenvalue weighted by molar-refractivity contribution is 5.81. The van der Waals surface area contributed by atoms with E-state index in [0.717, 1.165) is 6.92 Å². The third-order valence-electron chi connectivity index (χ3n) is 0.880. The van der Waals surface area contributed by atoms with Gasteiger partial charge in [0.05, 0.1) is 0 Å². The minimum atomic E-state index is -2.36. The molecule has 0 aliphatic rings. The van der Waals surface area contributed by atoms with Gasteiger partial charge in [-0.2, -0.15) is 0 Å². The molecule has 0 heterocycles. The van der Waals surface area contributed by atoms with Crippen LogP contribution in [0.5, 0.6) is 0 Å². The molecule has 0 saturated carbocycles. The van der Waals surface area contributed by atoms with E-state index in [2.05, 4.69) is 0 Å². The van der Waals surface area contributed by atoms with Crippen molar-refractivity contribution < 1.29 is 18.8 Å². The van der Waals surface area contributed by atoms with Gasteiger partial charge in [0.2, 0.25) is 5.91 Å². The molecule has 0 saturated heterocycles. The lowest BCUT2D eigenvalue weighted by Gasteiger charge is -2.08. The summed E-state index contributed by atoms with van der Waals surface area (Å²) in [4.78, 5) is 20.9. The predicted octanol–water partition coefficient (Wildman–Crippen LogP) is -0.0143. The van der Waals surface area contributed by atoms with Crippen LogP contribution >= 0.6 is 0 Å². The number of amides is 1. The minimum Gasteiger partial charge on any atom is -0.480 e. The average Bonchev–Trinajstić information content (AvgIpc) is 1.81. The first-order chi connectivity index (χ1) is 5.72.